The van der Waals surface area contributed by atoms with Gasteiger partial charge in [-0.3, -0.25) is 4.57 Å². The third-order valence-electron chi connectivity index (χ3n) is 4.19. The van der Waals surface area contributed by atoms with Crippen LogP contribution in [-0.4, -0.2) is 51.3 Å². The van der Waals surface area contributed by atoms with E-state index < -0.39 is 42.3 Å². The van der Waals surface area contributed by atoms with E-state index in [0.29, 0.717) is 13.0 Å². The lowest BCUT2D eigenvalue weighted by atomic mass is 9.83. The van der Waals surface area contributed by atoms with E-state index >= 15 is 0 Å². The largest absolute Gasteiger partial charge is 0.394 e. The monoisotopic (exact) mass is 308 g/mol. The summed E-state index contributed by atoms with van der Waals surface area (Å²) in [6.07, 6.45) is -0.635. The van der Waals surface area contributed by atoms with Gasteiger partial charge in [0, 0.05) is 12.8 Å². The predicted molar refractivity (Wildman–Crippen MR) is 72.3 cm³/mol. The van der Waals surface area contributed by atoms with Crippen molar-refractivity contribution in [3.05, 3.63) is 22.7 Å². The summed E-state index contributed by atoms with van der Waals surface area (Å²) < 4.78 is 12.0. The van der Waals surface area contributed by atoms with Crippen LogP contribution >= 0.6 is 0 Å². The second-order valence-corrected chi connectivity index (χ2v) is 5.37. The fraction of sp³-hybridized carbons (Fsp3) is 0.615. The van der Waals surface area contributed by atoms with Crippen LogP contribution in [0, 0.1) is 17.2 Å². The minimum absolute atomic E-state index is 0.0167. The summed E-state index contributed by atoms with van der Waals surface area (Å²) in [5, 5.41) is 29.4. The van der Waals surface area contributed by atoms with Crippen LogP contribution in [0.15, 0.2) is 17.1 Å². The number of hydrogen-bond donors (Lipinski definition) is 3. The molecule has 2 unspecified atom stereocenters. The number of anilines is 1. The van der Waals surface area contributed by atoms with Crippen molar-refractivity contribution in [1.29, 1.82) is 5.26 Å². The molecule has 3 rings (SSSR count). The number of nitriles is 1. The molecule has 0 aromatic carbocycles. The Morgan fingerprint density at radius 1 is 1.64 bits per heavy atom. The van der Waals surface area contributed by atoms with Crippen molar-refractivity contribution in [2.45, 2.75) is 30.5 Å². The molecule has 5 atom stereocenters. The molecule has 9 nitrogen and oxygen atoms in total. The van der Waals surface area contributed by atoms with Crippen LogP contribution in [0.1, 0.15) is 6.42 Å². The summed E-state index contributed by atoms with van der Waals surface area (Å²) in [7, 11) is 0. The lowest BCUT2D eigenvalue weighted by Gasteiger charge is -2.39. The minimum atomic E-state index is -1.80. The molecule has 9 heteroatoms. The highest BCUT2D eigenvalue weighted by Gasteiger charge is 2.61. The van der Waals surface area contributed by atoms with E-state index in [-0.39, 0.29) is 5.82 Å². The van der Waals surface area contributed by atoms with Crippen LogP contribution in [0.4, 0.5) is 5.82 Å². The normalized spacial score (nSPS) is 37.5. The molecule has 2 aliphatic heterocycles. The molecule has 118 valence electrons. The molecule has 2 saturated heterocycles. The van der Waals surface area contributed by atoms with E-state index in [1.807, 2.05) is 6.07 Å². The van der Waals surface area contributed by atoms with E-state index in [1.165, 1.54) is 12.3 Å². The average molecular weight is 308 g/mol. The van der Waals surface area contributed by atoms with E-state index in [1.54, 1.807) is 0 Å². The van der Waals surface area contributed by atoms with Crippen molar-refractivity contribution in [2.24, 2.45) is 5.92 Å². The first-order valence-corrected chi connectivity index (χ1v) is 6.88. The van der Waals surface area contributed by atoms with Gasteiger partial charge in [0.25, 0.3) is 0 Å². The van der Waals surface area contributed by atoms with Gasteiger partial charge < -0.3 is 25.4 Å². The molecule has 22 heavy (non-hydrogen) atoms. The number of aromatic nitrogens is 2. The van der Waals surface area contributed by atoms with Gasteiger partial charge in [0.05, 0.1) is 24.7 Å². The number of hydrogen-bond acceptors (Lipinski definition) is 8. The smallest absolute Gasteiger partial charge is 0.352 e. The molecule has 0 spiro atoms. The highest BCUT2D eigenvalue weighted by Crippen LogP contribution is 2.44. The molecule has 2 fully saturated rings. The van der Waals surface area contributed by atoms with Gasteiger partial charge in [-0.25, -0.2) is 4.79 Å². The Morgan fingerprint density at radius 2 is 2.36 bits per heavy atom. The molecular weight excluding hydrogens is 292 g/mol. The van der Waals surface area contributed by atoms with Crippen molar-refractivity contribution in [1.82, 2.24) is 9.55 Å². The zero-order chi connectivity index (χ0) is 15.9. The van der Waals surface area contributed by atoms with Gasteiger partial charge >= 0.3 is 5.69 Å². The van der Waals surface area contributed by atoms with Crippen LogP contribution in [0.25, 0.3) is 0 Å². The lowest BCUT2D eigenvalue weighted by molar-refractivity contribution is -0.154. The summed E-state index contributed by atoms with van der Waals surface area (Å²) in [6.45, 7) is 0.0268. The third-order valence-corrected chi connectivity index (χ3v) is 4.19. The molecule has 2 aliphatic rings. The van der Waals surface area contributed by atoms with Crippen LogP contribution < -0.4 is 11.4 Å². The first kappa shape index (κ1) is 14.9. The number of nitrogens with two attached hydrogens (primary N) is 1. The van der Waals surface area contributed by atoms with E-state index in [2.05, 4.69) is 4.98 Å². The van der Waals surface area contributed by atoms with Gasteiger partial charge in [0.2, 0.25) is 5.72 Å². The summed E-state index contributed by atoms with van der Waals surface area (Å²) in [5.74, 6) is -0.797. The fourth-order valence-electron chi connectivity index (χ4n) is 3.04. The Kier molecular flexibility index (Phi) is 3.62. The third kappa shape index (κ3) is 2.00. The molecule has 0 saturated carbocycles. The van der Waals surface area contributed by atoms with Crippen molar-refractivity contribution >= 4 is 5.82 Å². The number of rotatable bonds is 3. The maximum atomic E-state index is 12.1. The first-order chi connectivity index (χ1) is 10.5. The molecule has 4 N–H and O–H groups in total. The van der Waals surface area contributed by atoms with Crippen molar-refractivity contribution < 1.29 is 19.7 Å². The summed E-state index contributed by atoms with van der Waals surface area (Å²) in [6, 6.07) is 3.32. The van der Waals surface area contributed by atoms with Gasteiger partial charge in [0.15, 0.2) is 0 Å². The molecule has 1 aromatic heterocycles. The molecule has 3 heterocycles. The number of nitrogen functional groups attached to an aromatic ring is 1. The second kappa shape index (κ2) is 5.33. The van der Waals surface area contributed by atoms with Crippen LogP contribution in [0.2, 0.25) is 0 Å². The number of aliphatic hydroxyl groups excluding tert-OH is 2. The molecule has 0 bridgehead atoms. The Morgan fingerprint density at radius 3 is 2.86 bits per heavy atom. The molecule has 0 radical (unpaired) electrons. The van der Waals surface area contributed by atoms with E-state index in [4.69, 9.17) is 15.2 Å². The van der Waals surface area contributed by atoms with E-state index in [0.717, 1.165) is 4.57 Å². The summed E-state index contributed by atoms with van der Waals surface area (Å²) in [5.41, 5.74) is 2.90. The van der Waals surface area contributed by atoms with Gasteiger partial charge in [0.1, 0.15) is 18.0 Å². The first-order valence-electron chi connectivity index (χ1n) is 6.88. The highest BCUT2D eigenvalue weighted by atomic mass is 16.6. The second-order valence-electron chi connectivity index (χ2n) is 5.37. The van der Waals surface area contributed by atoms with Crippen LogP contribution in [0.3, 0.4) is 0 Å². The number of aliphatic hydroxyl groups is 2. The lowest BCUT2D eigenvalue weighted by Crippen LogP contribution is -2.53. The maximum Gasteiger partial charge on any atom is 0.352 e. The topological polar surface area (TPSA) is 144 Å². The summed E-state index contributed by atoms with van der Waals surface area (Å²) in [4.78, 5) is 15.7. The van der Waals surface area contributed by atoms with Gasteiger partial charge in [-0.2, -0.15) is 10.2 Å². The van der Waals surface area contributed by atoms with Gasteiger partial charge in [-0.05, 0) is 12.5 Å². The average Bonchev–Trinajstić information content (AvgIpc) is 2.72. The number of nitrogens with zero attached hydrogens (tertiary/aromatic N) is 3. The zero-order valence-corrected chi connectivity index (χ0v) is 11.6. The Bertz CT molecular complexity index is 667. The maximum absolute atomic E-state index is 12.1. The molecule has 0 aliphatic carbocycles. The Balaban J connectivity index is 2.13. The minimum Gasteiger partial charge on any atom is -0.394 e. The quantitative estimate of drug-likeness (QED) is 0.591. The fourth-order valence-corrected chi connectivity index (χ4v) is 3.04. The zero-order valence-electron chi connectivity index (χ0n) is 11.6. The summed E-state index contributed by atoms with van der Waals surface area (Å²) >= 11 is 0. The SMILES string of the molecule is N#C[C@@]1(n2ccc(N)nc2=O)O[C@H](CO)[C@@H](O)C1C1CCO1. The van der Waals surface area contributed by atoms with Crippen molar-refractivity contribution in [3.8, 4) is 6.07 Å². The van der Waals surface area contributed by atoms with Crippen molar-refractivity contribution in [3.63, 3.8) is 0 Å². The Hall–Kier alpha value is -1.99. The molecule has 0 amide bonds. The standard InChI is InChI=1S/C13H16N4O5/c14-6-13(17-3-1-9(15)16-12(17)20)10(7-2-4-21-7)11(19)8(5-18)22-13/h1,3,7-8,10-11,18-19H,2,4-5H2,(H2,15,16,20)/t7?,8-,10?,11-,13-/m1/s1. The Labute approximate surface area is 125 Å². The number of ether oxygens (including phenoxy) is 2. The van der Waals surface area contributed by atoms with Gasteiger partial charge in [-0.1, -0.05) is 0 Å². The molecular formula is C13H16N4O5. The van der Waals surface area contributed by atoms with Crippen LogP contribution in [0.5, 0.6) is 0 Å². The van der Waals surface area contributed by atoms with Gasteiger partial charge in [-0.15, -0.1) is 0 Å². The van der Waals surface area contributed by atoms with E-state index in [9.17, 15) is 20.3 Å². The predicted octanol–water partition coefficient (Wildman–Crippen LogP) is -1.84. The highest BCUT2D eigenvalue weighted by molar-refractivity contribution is 5.25. The molecule has 1 aromatic rings. The van der Waals surface area contributed by atoms with Crippen LogP contribution in [-0.2, 0) is 15.2 Å². The van der Waals surface area contributed by atoms with Crippen molar-refractivity contribution in [2.75, 3.05) is 18.9 Å².